The van der Waals surface area contributed by atoms with E-state index in [1.54, 1.807) is 17.4 Å². The molecule has 0 spiro atoms. The molecule has 1 fully saturated rings. The van der Waals surface area contributed by atoms with Crippen molar-refractivity contribution in [3.63, 3.8) is 0 Å². The van der Waals surface area contributed by atoms with Gasteiger partial charge < -0.3 is 15.4 Å². The second-order valence-corrected chi connectivity index (χ2v) is 6.12. The first-order valence-electron chi connectivity index (χ1n) is 7.31. The average Bonchev–Trinajstić information content (AvgIpc) is 2.89. The number of anilines is 1. The number of hydrogen-bond donors (Lipinski definition) is 2. The van der Waals surface area contributed by atoms with E-state index in [1.165, 1.54) is 0 Å². The van der Waals surface area contributed by atoms with Gasteiger partial charge in [-0.25, -0.2) is 9.78 Å². The number of rotatable bonds is 4. The van der Waals surface area contributed by atoms with Crippen LogP contribution in [0, 0.1) is 0 Å². The summed E-state index contributed by atoms with van der Waals surface area (Å²) in [7, 11) is 0. The highest BCUT2D eigenvalue weighted by molar-refractivity contribution is 7.22. The molecule has 2 heterocycles. The molecule has 0 radical (unpaired) electrons. The average molecular weight is 305 g/mol. The van der Waals surface area contributed by atoms with Crippen LogP contribution in [0.4, 0.5) is 5.13 Å². The van der Waals surface area contributed by atoms with E-state index in [9.17, 15) is 4.79 Å². The van der Waals surface area contributed by atoms with Crippen LogP contribution in [0.3, 0.4) is 0 Å². The van der Waals surface area contributed by atoms with Gasteiger partial charge in [0.15, 0.2) is 5.13 Å². The molecule has 1 aromatic heterocycles. The number of piperidine rings is 1. The third kappa shape index (κ3) is 3.33. The fraction of sp³-hybridized carbons (Fsp3) is 0.467. The number of hydrogen-bond acceptors (Lipinski definition) is 6. The second kappa shape index (κ2) is 6.41. The molecule has 1 aliphatic heterocycles. The summed E-state index contributed by atoms with van der Waals surface area (Å²) in [6, 6.07) is 6.00. The van der Waals surface area contributed by atoms with Crippen molar-refractivity contribution >= 4 is 32.7 Å². The van der Waals surface area contributed by atoms with Gasteiger partial charge in [0.1, 0.15) is 0 Å². The van der Waals surface area contributed by atoms with Gasteiger partial charge in [0.05, 0.1) is 22.4 Å². The van der Waals surface area contributed by atoms with Gasteiger partial charge in [0, 0.05) is 6.04 Å². The van der Waals surface area contributed by atoms with Crippen LogP contribution in [0.5, 0.6) is 0 Å². The van der Waals surface area contributed by atoms with Crippen molar-refractivity contribution in [2.24, 2.45) is 0 Å². The number of nitrogens with zero attached hydrogens (tertiary/aromatic N) is 1. The molecule has 0 atom stereocenters. The molecule has 1 aromatic carbocycles. The SMILES string of the molecule is CCOC(=O)c1ccc2nc(NC3CCNCC3)sc2c1. The zero-order valence-electron chi connectivity index (χ0n) is 12.0. The number of fused-ring (bicyclic) bond motifs is 1. The van der Waals surface area contributed by atoms with Crippen LogP contribution in [0.1, 0.15) is 30.1 Å². The van der Waals surface area contributed by atoms with Crippen LogP contribution < -0.4 is 10.6 Å². The van der Waals surface area contributed by atoms with E-state index in [-0.39, 0.29) is 5.97 Å². The van der Waals surface area contributed by atoms with Crippen LogP contribution in [-0.2, 0) is 4.74 Å². The van der Waals surface area contributed by atoms with E-state index in [1.807, 2.05) is 19.1 Å². The highest BCUT2D eigenvalue weighted by atomic mass is 32.1. The minimum atomic E-state index is -0.277. The van der Waals surface area contributed by atoms with Gasteiger partial charge in [-0.1, -0.05) is 11.3 Å². The van der Waals surface area contributed by atoms with E-state index < -0.39 is 0 Å². The molecular formula is C15H19N3O2S. The number of carbonyl (C=O) groups is 1. The number of nitrogens with one attached hydrogen (secondary N) is 2. The molecule has 3 rings (SSSR count). The van der Waals surface area contributed by atoms with Gasteiger partial charge in [-0.05, 0) is 51.1 Å². The summed E-state index contributed by atoms with van der Waals surface area (Å²) < 4.78 is 6.04. The molecule has 2 N–H and O–H groups in total. The molecule has 0 saturated carbocycles. The monoisotopic (exact) mass is 305 g/mol. The number of benzene rings is 1. The van der Waals surface area contributed by atoms with Crippen LogP contribution >= 0.6 is 11.3 Å². The standard InChI is InChI=1S/C15H19N3O2S/c1-2-20-14(19)10-3-4-12-13(9-10)21-15(18-12)17-11-5-7-16-8-6-11/h3-4,9,11,16H,2,5-8H2,1H3,(H,17,18). The predicted octanol–water partition coefficient (Wildman–Crippen LogP) is 2.64. The first-order valence-corrected chi connectivity index (χ1v) is 8.13. The molecule has 21 heavy (non-hydrogen) atoms. The van der Waals surface area contributed by atoms with E-state index >= 15 is 0 Å². The van der Waals surface area contributed by atoms with Crippen LogP contribution in [0.15, 0.2) is 18.2 Å². The lowest BCUT2D eigenvalue weighted by Gasteiger charge is -2.23. The lowest BCUT2D eigenvalue weighted by Crippen LogP contribution is -2.35. The summed E-state index contributed by atoms with van der Waals surface area (Å²) in [6.45, 7) is 4.30. The Bertz CT molecular complexity index is 635. The zero-order valence-corrected chi connectivity index (χ0v) is 12.8. The van der Waals surface area contributed by atoms with Crippen LogP contribution in [0.25, 0.3) is 10.2 Å². The van der Waals surface area contributed by atoms with Crippen molar-refractivity contribution in [2.45, 2.75) is 25.8 Å². The van der Waals surface area contributed by atoms with Crippen LogP contribution in [0.2, 0.25) is 0 Å². The van der Waals surface area contributed by atoms with Gasteiger partial charge in [-0.15, -0.1) is 0 Å². The van der Waals surface area contributed by atoms with E-state index in [4.69, 9.17) is 4.74 Å². The number of carbonyl (C=O) groups excluding carboxylic acids is 1. The van der Waals surface area contributed by atoms with Gasteiger partial charge in [0.2, 0.25) is 0 Å². The summed E-state index contributed by atoms with van der Waals surface area (Å²) in [5.74, 6) is -0.277. The molecular weight excluding hydrogens is 286 g/mol. The van der Waals surface area contributed by atoms with E-state index in [0.29, 0.717) is 18.2 Å². The molecule has 0 bridgehead atoms. The van der Waals surface area contributed by atoms with Gasteiger partial charge >= 0.3 is 5.97 Å². The second-order valence-electron chi connectivity index (χ2n) is 5.09. The maximum absolute atomic E-state index is 11.8. The first-order chi connectivity index (χ1) is 10.3. The van der Waals surface area contributed by atoms with Crippen molar-refractivity contribution < 1.29 is 9.53 Å². The molecule has 6 heteroatoms. The van der Waals surface area contributed by atoms with Crippen molar-refractivity contribution in [3.8, 4) is 0 Å². The molecule has 0 amide bonds. The van der Waals surface area contributed by atoms with Crippen molar-refractivity contribution in [3.05, 3.63) is 23.8 Å². The quantitative estimate of drug-likeness (QED) is 0.850. The Morgan fingerprint density at radius 1 is 1.48 bits per heavy atom. The summed E-state index contributed by atoms with van der Waals surface area (Å²) in [5, 5.41) is 7.77. The lowest BCUT2D eigenvalue weighted by atomic mass is 10.1. The van der Waals surface area contributed by atoms with Gasteiger partial charge in [-0.2, -0.15) is 0 Å². The molecule has 0 aliphatic carbocycles. The fourth-order valence-corrected chi connectivity index (χ4v) is 3.45. The smallest absolute Gasteiger partial charge is 0.338 e. The number of esters is 1. The Morgan fingerprint density at radius 3 is 3.05 bits per heavy atom. The molecule has 1 aliphatic rings. The summed E-state index contributed by atoms with van der Waals surface area (Å²) >= 11 is 1.59. The molecule has 0 unspecified atom stereocenters. The number of thiazole rings is 1. The number of aromatic nitrogens is 1. The predicted molar refractivity (Wildman–Crippen MR) is 85.1 cm³/mol. The summed E-state index contributed by atoms with van der Waals surface area (Å²) in [4.78, 5) is 16.3. The first kappa shape index (κ1) is 14.3. The minimum Gasteiger partial charge on any atom is -0.462 e. The van der Waals surface area contributed by atoms with Crippen molar-refractivity contribution in [1.82, 2.24) is 10.3 Å². The van der Waals surface area contributed by atoms with Crippen LogP contribution in [-0.4, -0.2) is 36.7 Å². The van der Waals surface area contributed by atoms with Crippen molar-refractivity contribution in [1.29, 1.82) is 0 Å². The highest BCUT2D eigenvalue weighted by Gasteiger charge is 2.15. The topological polar surface area (TPSA) is 63.2 Å². The maximum Gasteiger partial charge on any atom is 0.338 e. The Hall–Kier alpha value is -1.66. The molecule has 112 valence electrons. The Labute approximate surface area is 127 Å². The molecule has 5 nitrogen and oxygen atoms in total. The number of ether oxygens (including phenoxy) is 1. The van der Waals surface area contributed by atoms with E-state index in [0.717, 1.165) is 41.3 Å². The summed E-state index contributed by atoms with van der Waals surface area (Å²) in [5.41, 5.74) is 1.51. The van der Waals surface area contributed by atoms with Gasteiger partial charge in [0.25, 0.3) is 0 Å². The third-order valence-electron chi connectivity index (χ3n) is 3.57. The normalized spacial score (nSPS) is 16.0. The Balaban J connectivity index is 1.77. The third-order valence-corrected chi connectivity index (χ3v) is 4.52. The summed E-state index contributed by atoms with van der Waals surface area (Å²) in [6.07, 6.45) is 2.23. The van der Waals surface area contributed by atoms with Gasteiger partial charge in [-0.3, -0.25) is 0 Å². The maximum atomic E-state index is 11.8. The van der Waals surface area contributed by atoms with Crippen molar-refractivity contribution in [2.75, 3.05) is 25.0 Å². The Kier molecular flexibility index (Phi) is 4.36. The zero-order chi connectivity index (χ0) is 14.7. The molecule has 1 saturated heterocycles. The van der Waals surface area contributed by atoms with E-state index in [2.05, 4.69) is 15.6 Å². The Morgan fingerprint density at radius 2 is 2.29 bits per heavy atom. The largest absolute Gasteiger partial charge is 0.462 e. The highest BCUT2D eigenvalue weighted by Crippen LogP contribution is 2.28. The minimum absolute atomic E-state index is 0.277. The fourth-order valence-electron chi connectivity index (χ4n) is 2.47. The lowest BCUT2D eigenvalue weighted by molar-refractivity contribution is 0.0526. The molecule has 2 aromatic rings.